The van der Waals surface area contributed by atoms with Gasteiger partial charge in [-0.3, -0.25) is 9.59 Å². The first-order valence-electron chi connectivity index (χ1n) is 18.3. The van der Waals surface area contributed by atoms with Crippen LogP contribution in [0, 0.1) is 22.3 Å². The minimum absolute atomic E-state index is 0.126. The van der Waals surface area contributed by atoms with Gasteiger partial charge in [-0.2, -0.15) is 13.2 Å². The monoisotopic (exact) mass is 874 g/mol. The van der Waals surface area contributed by atoms with Crippen LogP contribution in [0.25, 0.3) is 11.1 Å². The Morgan fingerprint density at radius 1 is 0.727 bits per heavy atom. The fraction of sp³-hybridized carbons (Fsp3) is 0.381. The van der Waals surface area contributed by atoms with E-state index in [1.807, 2.05) is 44.2 Å². The SMILES string of the molecule is CCOC(=O)Cc1ccc(-c2ccc(C(F)(F)F)cc2)c(OCC2CC2)c1.CCOC(=O)Cc1ccc(I)c(OCC2CC2)c1.Cc1ccc(B(O)O)cc1. The molecule has 2 saturated carbocycles. The molecular weight excluding hydrogens is 827 g/mol. The van der Waals surface area contributed by atoms with Crippen molar-refractivity contribution in [1.29, 1.82) is 0 Å². The molecule has 2 aliphatic rings. The van der Waals surface area contributed by atoms with Gasteiger partial charge in [0.25, 0.3) is 0 Å². The smallest absolute Gasteiger partial charge is 0.488 e. The highest BCUT2D eigenvalue weighted by Crippen LogP contribution is 2.37. The molecule has 294 valence electrons. The zero-order valence-electron chi connectivity index (χ0n) is 31.2. The van der Waals surface area contributed by atoms with Gasteiger partial charge in [0.2, 0.25) is 0 Å². The highest BCUT2D eigenvalue weighted by molar-refractivity contribution is 14.1. The number of hydrogen-bond donors (Lipinski definition) is 2. The van der Waals surface area contributed by atoms with Crippen LogP contribution in [0.5, 0.6) is 11.5 Å². The van der Waals surface area contributed by atoms with Crippen molar-refractivity contribution in [3.05, 3.63) is 111 Å². The summed E-state index contributed by atoms with van der Waals surface area (Å²) in [6.07, 6.45) is 0.868. The Kier molecular flexibility index (Phi) is 16.9. The molecule has 0 radical (unpaired) electrons. The van der Waals surface area contributed by atoms with Crippen LogP contribution in [-0.2, 0) is 38.1 Å². The molecule has 2 N–H and O–H groups in total. The average Bonchev–Trinajstić information content (AvgIpc) is 4.08. The van der Waals surface area contributed by atoms with Gasteiger partial charge in [0.15, 0.2) is 0 Å². The lowest BCUT2D eigenvalue weighted by molar-refractivity contribution is -0.143. The van der Waals surface area contributed by atoms with Gasteiger partial charge < -0.3 is 29.0 Å². The van der Waals surface area contributed by atoms with E-state index in [-0.39, 0.29) is 18.4 Å². The molecule has 0 unspecified atom stereocenters. The van der Waals surface area contributed by atoms with Gasteiger partial charge in [-0.1, -0.05) is 60.2 Å². The summed E-state index contributed by atoms with van der Waals surface area (Å²) in [5.41, 5.74) is 3.99. The Bertz CT molecular complexity index is 1830. The molecule has 4 aromatic carbocycles. The highest BCUT2D eigenvalue weighted by Gasteiger charge is 2.30. The molecule has 0 heterocycles. The molecule has 2 aliphatic carbocycles. The van der Waals surface area contributed by atoms with Crippen molar-refractivity contribution >= 4 is 47.1 Å². The first-order valence-corrected chi connectivity index (χ1v) is 19.4. The zero-order chi connectivity index (χ0) is 40.0. The van der Waals surface area contributed by atoms with E-state index in [1.165, 1.54) is 25.0 Å². The van der Waals surface area contributed by atoms with Crippen molar-refractivity contribution in [3.63, 3.8) is 0 Å². The number of carbonyl (C=O) groups excluding carboxylic acids is 2. The molecule has 6 rings (SSSR count). The van der Waals surface area contributed by atoms with E-state index < -0.39 is 18.9 Å². The van der Waals surface area contributed by atoms with Crippen molar-refractivity contribution in [1.82, 2.24) is 0 Å². The predicted octanol–water partition coefficient (Wildman–Crippen LogP) is 8.13. The van der Waals surface area contributed by atoms with Gasteiger partial charge in [0.05, 0.1) is 48.4 Å². The molecule has 0 aliphatic heterocycles. The zero-order valence-corrected chi connectivity index (χ0v) is 33.4. The maximum absolute atomic E-state index is 12.8. The van der Waals surface area contributed by atoms with E-state index in [9.17, 15) is 22.8 Å². The fourth-order valence-electron chi connectivity index (χ4n) is 5.12. The Hall–Kier alpha value is -4.08. The number of carbonyl (C=O) groups is 2. The third kappa shape index (κ3) is 15.5. The topological polar surface area (TPSA) is 112 Å². The standard InChI is InChI=1S/C21H21F3O3.C14H17IO3.C7H9BO2/c1-2-26-20(25)12-15-5-10-18(19(11-15)27-13-14-3-4-14)16-6-8-17(9-7-16)21(22,23)24;1-2-17-14(16)8-11-5-6-12(15)13(7-11)18-9-10-3-4-10;1-6-2-4-7(5-3-6)8(9)10/h5-11,14H,2-4,12-13H2,1H3;5-7,10H,2-4,8-9H2,1H3;2-5,9-10H,1H3. The molecule has 0 spiro atoms. The van der Waals surface area contributed by atoms with E-state index in [1.54, 1.807) is 37.3 Å². The third-order valence-electron chi connectivity index (χ3n) is 8.59. The van der Waals surface area contributed by atoms with Gasteiger partial charge in [0, 0.05) is 5.56 Å². The lowest BCUT2D eigenvalue weighted by Gasteiger charge is -2.14. The quantitative estimate of drug-likeness (QED) is 0.0743. The van der Waals surface area contributed by atoms with Crippen LogP contribution < -0.4 is 14.9 Å². The predicted molar refractivity (Wildman–Crippen MR) is 214 cm³/mol. The van der Waals surface area contributed by atoms with E-state index in [0.29, 0.717) is 54.5 Å². The maximum atomic E-state index is 12.8. The van der Waals surface area contributed by atoms with Gasteiger partial charge in [-0.25, -0.2) is 0 Å². The van der Waals surface area contributed by atoms with Crippen LogP contribution in [0.3, 0.4) is 0 Å². The molecule has 0 amide bonds. The van der Waals surface area contributed by atoms with Gasteiger partial charge in [-0.15, -0.1) is 0 Å². The molecule has 0 atom stereocenters. The molecule has 0 aromatic heterocycles. The van der Waals surface area contributed by atoms with Crippen molar-refractivity contribution < 1.29 is 51.8 Å². The minimum Gasteiger partial charge on any atom is -0.493 e. The summed E-state index contributed by atoms with van der Waals surface area (Å²) in [7, 11) is -1.35. The van der Waals surface area contributed by atoms with Crippen LogP contribution in [0.4, 0.5) is 13.2 Å². The summed E-state index contributed by atoms with van der Waals surface area (Å²) in [6.45, 7) is 7.61. The molecule has 4 aromatic rings. The Balaban J connectivity index is 0.000000205. The first-order chi connectivity index (χ1) is 26.2. The first kappa shape index (κ1) is 43.7. The Labute approximate surface area is 334 Å². The number of aryl methyl sites for hydroxylation is 1. The highest BCUT2D eigenvalue weighted by atomic mass is 127. The average molecular weight is 875 g/mol. The van der Waals surface area contributed by atoms with E-state index >= 15 is 0 Å². The Morgan fingerprint density at radius 2 is 1.22 bits per heavy atom. The van der Waals surface area contributed by atoms with Crippen LogP contribution >= 0.6 is 22.6 Å². The summed E-state index contributed by atoms with van der Waals surface area (Å²) < 4.78 is 61.1. The molecule has 0 saturated heterocycles. The van der Waals surface area contributed by atoms with E-state index in [2.05, 4.69) is 22.6 Å². The van der Waals surface area contributed by atoms with Crippen LogP contribution in [0.1, 0.15) is 61.8 Å². The molecule has 8 nitrogen and oxygen atoms in total. The number of alkyl halides is 3. The number of rotatable bonds is 14. The minimum atomic E-state index is -4.37. The number of halogens is 4. The van der Waals surface area contributed by atoms with Gasteiger partial charge in [-0.05, 0) is 133 Å². The molecule has 55 heavy (non-hydrogen) atoms. The molecule has 13 heteroatoms. The summed E-state index contributed by atoms with van der Waals surface area (Å²) in [4.78, 5) is 23.1. The summed E-state index contributed by atoms with van der Waals surface area (Å²) in [5.74, 6) is 2.20. The van der Waals surface area contributed by atoms with Crippen molar-refractivity contribution in [2.45, 2.75) is 65.5 Å². The third-order valence-corrected chi connectivity index (χ3v) is 9.48. The lowest BCUT2D eigenvalue weighted by Crippen LogP contribution is -2.29. The summed E-state index contributed by atoms with van der Waals surface area (Å²) >= 11 is 2.25. The van der Waals surface area contributed by atoms with E-state index in [4.69, 9.17) is 29.0 Å². The largest absolute Gasteiger partial charge is 0.493 e. The lowest BCUT2D eigenvalue weighted by atomic mass is 9.80. The number of esters is 2. The van der Waals surface area contributed by atoms with Gasteiger partial charge in [0.1, 0.15) is 11.5 Å². The van der Waals surface area contributed by atoms with Crippen LogP contribution in [0.2, 0.25) is 0 Å². The van der Waals surface area contributed by atoms with Crippen molar-refractivity contribution in [2.24, 2.45) is 11.8 Å². The molecular formula is C42H47BF3IO8. The molecule has 0 bridgehead atoms. The fourth-order valence-corrected chi connectivity index (χ4v) is 5.61. The summed E-state index contributed by atoms with van der Waals surface area (Å²) in [5, 5.41) is 17.3. The summed E-state index contributed by atoms with van der Waals surface area (Å²) in [6, 6.07) is 23.3. The van der Waals surface area contributed by atoms with Gasteiger partial charge >= 0.3 is 25.2 Å². The second kappa shape index (κ2) is 21.3. The maximum Gasteiger partial charge on any atom is 0.488 e. The Morgan fingerprint density at radius 3 is 1.69 bits per heavy atom. The second-order valence-electron chi connectivity index (χ2n) is 13.4. The molecule has 2 fully saturated rings. The second-order valence-corrected chi connectivity index (χ2v) is 14.6. The van der Waals surface area contributed by atoms with Crippen LogP contribution in [-0.4, -0.2) is 55.5 Å². The number of hydrogen-bond acceptors (Lipinski definition) is 8. The number of ether oxygens (including phenoxy) is 4. The van der Waals surface area contributed by atoms with E-state index in [0.717, 1.165) is 63.5 Å². The normalized spacial score (nSPS) is 13.3. The van der Waals surface area contributed by atoms with Crippen molar-refractivity contribution in [3.8, 4) is 22.6 Å². The number of benzene rings is 4. The van der Waals surface area contributed by atoms with Crippen molar-refractivity contribution in [2.75, 3.05) is 26.4 Å². The van der Waals surface area contributed by atoms with Crippen LogP contribution in [0.15, 0.2) is 84.9 Å².